The van der Waals surface area contributed by atoms with Crippen molar-refractivity contribution in [2.24, 2.45) is 5.73 Å². The molecule has 3 rings (SSSR count). The highest BCUT2D eigenvalue weighted by Gasteiger charge is 2.32. The van der Waals surface area contributed by atoms with Gasteiger partial charge in [0.1, 0.15) is 6.04 Å². The van der Waals surface area contributed by atoms with E-state index < -0.39 is 17.6 Å². The lowest BCUT2D eigenvalue weighted by Gasteiger charge is -2.22. The topological polar surface area (TPSA) is 118 Å². The van der Waals surface area contributed by atoms with Crippen molar-refractivity contribution in [2.45, 2.75) is 38.3 Å². The summed E-state index contributed by atoms with van der Waals surface area (Å²) in [6.07, 6.45) is 1.83. The molecule has 1 aromatic heterocycles. The summed E-state index contributed by atoms with van der Waals surface area (Å²) in [6.45, 7) is 0.656. The molecule has 0 spiro atoms. The molecule has 132 valence electrons. The first-order valence-electron chi connectivity index (χ1n) is 8.29. The Morgan fingerprint density at radius 3 is 2.76 bits per heavy atom. The number of nitrogens with two attached hydrogens (primary N) is 1. The molecule has 1 saturated heterocycles. The molecular weight excluding hydrogens is 324 g/mol. The van der Waals surface area contributed by atoms with Crippen LogP contribution in [-0.2, 0) is 16.1 Å². The first kappa shape index (κ1) is 16.9. The lowest BCUT2D eigenvalue weighted by molar-refractivity contribution is -0.137. The molecule has 1 fully saturated rings. The SMILES string of the molecule is NC(=O)[C@@H]1CCCN1C(=O)CCCn1c(=O)[nH]c2ccccc2c1=O. The fourth-order valence-electron chi connectivity index (χ4n) is 3.30. The van der Waals surface area contributed by atoms with E-state index in [-0.39, 0.29) is 24.4 Å². The van der Waals surface area contributed by atoms with Crippen molar-refractivity contribution >= 4 is 22.7 Å². The number of fused-ring (bicyclic) bond motifs is 1. The second kappa shape index (κ2) is 6.92. The standard InChI is InChI=1S/C17H20N4O4/c18-15(23)13-7-3-9-20(13)14(22)8-4-10-21-16(24)11-5-1-2-6-12(11)19-17(21)25/h1-2,5-6,13H,3-4,7-10H2,(H2,18,23)(H,19,25)/t13-/m0/s1. The molecule has 2 amide bonds. The lowest BCUT2D eigenvalue weighted by Crippen LogP contribution is -2.43. The molecule has 8 nitrogen and oxygen atoms in total. The number of rotatable bonds is 5. The van der Waals surface area contributed by atoms with Crippen molar-refractivity contribution in [1.29, 1.82) is 0 Å². The maximum absolute atomic E-state index is 12.4. The van der Waals surface area contributed by atoms with E-state index in [4.69, 9.17) is 5.73 Å². The second-order valence-corrected chi connectivity index (χ2v) is 6.18. The van der Waals surface area contributed by atoms with E-state index >= 15 is 0 Å². The van der Waals surface area contributed by atoms with Crippen molar-refractivity contribution in [2.75, 3.05) is 6.54 Å². The van der Waals surface area contributed by atoms with Gasteiger partial charge in [0.2, 0.25) is 11.8 Å². The molecule has 0 bridgehead atoms. The third-order valence-corrected chi connectivity index (χ3v) is 4.56. The van der Waals surface area contributed by atoms with Gasteiger partial charge in [-0.2, -0.15) is 0 Å². The van der Waals surface area contributed by atoms with Crippen molar-refractivity contribution in [1.82, 2.24) is 14.5 Å². The molecule has 0 aliphatic carbocycles. The summed E-state index contributed by atoms with van der Waals surface area (Å²) >= 11 is 0. The van der Waals surface area contributed by atoms with E-state index in [1.54, 1.807) is 24.3 Å². The van der Waals surface area contributed by atoms with E-state index in [0.29, 0.717) is 30.3 Å². The van der Waals surface area contributed by atoms with Crippen molar-refractivity contribution in [3.63, 3.8) is 0 Å². The monoisotopic (exact) mass is 344 g/mol. The number of aromatic nitrogens is 2. The van der Waals surface area contributed by atoms with E-state index in [1.165, 1.54) is 4.90 Å². The van der Waals surface area contributed by atoms with Gasteiger partial charge in [-0.3, -0.25) is 19.0 Å². The molecule has 2 aromatic rings. The highest BCUT2D eigenvalue weighted by Crippen LogP contribution is 2.18. The highest BCUT2D eigenvalue weighted by molar-refractivity contribution is 5.87. The second-order valence-electron chi connectivity index (χ2n) is 6.18. The van der Waals surface area contributed by atoms with Gasteiger partial charge in [-0.25, -0.2) is 4.79 Å². The predicted molar refractivity (Wildman–Crippen MR) is 92.0 cm³/mol. The fourth-order valence-corrected chi connectivity index (χ4v) is 3.30. The number of likely N-dealkylation sites (tertiary alicyclic amines) is 1. The molecule has 3 N–H and O–H groups in total. The summed E-state index contributed by atoms with van der Waals surface area (Å²) < 4.78 is 1.10. The van der Waals surface area contributed by atoms with Gasteiger partial charge in [0, 0.05) is 19.5 Å². The number of hydrogen-bond acceptors (Lipinski definition) is 4. The molecule has 8 heteroatoms. The quantitative estimate of drug-likeness (QED) is 0.790. The number of H-pyrrole nitrogens is 1. The molecule has 25 heavy (non-hydrogen) atoms. The number of hydrogen-bond donors (Lipinski definition) is 2. The maximum Gasteiger partial charge on any atom is 0.328 e. The average molecular weight is 344 g/mol. The van der Waals surface area contributed by atoms with E-state index in [1.807, 2.05) is 0 Å². The number of nitrogens with zero attached hydrogens (tertiary/aromatic N) is 2. The first-order valence-corrected chi connectivity index (χ1v) is 8.29. The van der Waals surface area contributed by atoms with Gasteiger partial charge in [0.15, 0.2) is 0 Å². The van der Waals surface area contributed by atoms with Gasteiger partial charge in [-0.05, 0) is 31.4 Å². The molecule has 0 radical (unpaired) electrons. The summed E-state index contributed by atoms with van der Waals surface area (Å²) in [5.41, 5.74) is 4.94. The number of amides is 2. The van der Waals surface area contributed by atoms with Crippen LogP contribution in [0.1, 0.15) is 25.7 Å². The minimum Gasteiger partial charge on any atom is -0.368 e. The zero-order valence-corrected chi connectivity index (χ0v) is 13.7. The van der Waals surface area contributed by atoms with Crippen LogP contribution in [0.25, 0.3) is 10.9 Å². The van der Waals surface area contributed by atoms with Crippen LogP contribution in [0.2, 0.25) is 0 Å². The van der Waals surface area contributed by atoms with Crippen LogP contribution in [0.15, 0.2) is 33.9 Å². The zero-order valence-electron chi connectivity index (χ0n) is 13.7. The van der Waals surface area contributed by atoms with E-state index in [2.05, 4.69) is 4.98 Å². The van der Waals surface area contributed by atoms with Gasteiger partial charge in [0.05, 0.1) is 10.9 Å². The Morgan fingerprint density at radius 1 is 1.24 bits per heavy atom. The van der Waals surface area contributed by atoms with Crippen LogP contribution in [0.5, 0.6) is 0 Å². The Hall–Kier alpha value is -2.90. The number of benzene rings is 1. The van der Waals surface area contributed by atoms with Crippen molar-refractivity contribution < 1.29 is 9.59 Å². The predicted octanol–water partition coefficient (Wildman–Crippen LogP) is -0.0537. The summed E-state index contributed by atoms with van der Waals surface area (Å²) in [5, 5.41) is 0.432. The largest absolute Gasteiger partial charge is 0.368 e. The van der Waals surface area contributed by atoms with Gasteiger partial charge in [0.25, 0.3) is 5.56 Å². The third-order valence-electron chi connectivity index (χ3n) is 4.56. The Morgan fingerprint density at radius 2 is 2.00 bits per heavy atom. The van der Waals surface area contributed by atoms with Crippen LogP contribution < -0.4 is 17.0 Å². The molecule has 0 saturated carbocycles. The number of nitrogens with one attached hydrogen (secondary N) is 1. The van der Waals surface area contributed by atoms with E-state index in [9.17, 15) is 19.2 Å². The number of carbonyl (C=O) groups is 2. The third kappa shape index (κ3) is 3.33. The number of aromatic amines is 1. The van der Waals surface area contributed by atoms with Crippen LogP contribution in [0, 0.1) is 0 Å². The normalized spacial score (nSPS) is 17.1. The van der Waals surface area contributed by atoms with Crippen LogP contribution in [0.3, 0.4) is 0 Å². The Balaban J connectivity index is 1.69. The van der Waals surface area contributed by atoms with Crippen LogP contribution in [0.4, 0.5) is 0 Å². The van der Waals surface area contributed by atoms with Gasteiger partial charge in [-0.1, -0.05) is 12.1 Å². The summed E-state index contributed by atoms with van der Waals surface area (Å²) in [7, 11) is 0. The molecule has 2 heterocycles. The molecule has 1 atom stereocenters. The van der Waals surface area contributed by atoms with Crippen LogP contribution >= 0.6 is 0 Å². The average Bonchev–Trinajstić information content (AvgIpc) is 3.08. The molecular formula is C17H20N4O4. The summed E-state index contributed by atoms with van der Waals surface area (Å²) in [4.78, 5) is 52.3. The maximum atomic E-state index is 12.4. The minimum atomic E-state index is -0.542. The molecule has 0 unspecified atom stereocenters. The lowest BCUT2D eigenvalue weighted by atomic mass is 10.2. The summed E-state index contributed by atoms with van der Waals surface area (Å²) in [5.74, 6) is -0.667. The molecule has 1 aromatic carbocycles. The fraction of sp³-hybridized carbons (Fsp3) is 0.412. The molecule has 1 aliphatic heterocycles. The number of primary amides is 1. The van der Waals surface area contributed by atoms with Gasteiger partial charge >= 0.3 is 5.69 Å². The van der Waals surface area contributed by atoms with Gasteiger partial charge < -0.3 is 15.6 Å². The first-order chi connectivity index (χ1) is 12.0. The highest BCUT2D eigenvalue weighted by atomic mass is 16.2. The van der Waals surface area contributed by atoms with Crippen molar-refractivity contribution in [3.05, 3.63) is 45.1 Å². The number of carbonyl (C=O) groups excluding carboxylic acids is 2. The number of para-hydroxylation sites is 1. The summed E-state index contributed by atoms with van der Waals surface area (Å²) in [6, 6.07) is 6.25. The smallest absolute Gasteiger partial charge is 0.328 e. The van der Waals surface area contributed by atoms with Crippen molar-refractivity contribution in [3.8, 4) is 0 Å². The van der Waals surface area contributed by atoms with E-state index in [0.717, 1.165) is 11.0 Å². The van der Waals surface area contributed by atoms with Crippen LogP contribution in [-0.4, -0.2) is 38.9 Å². The Kier molecular flexibility index (Phi) is 4.69. The Labute approximate surface area is 143 Å². The minimum absolute atomic E-state index is 0.139. The van der Waals surface area contributed by atoms with Gasteiger partial charge in [-0.15, -0.1) is 0 Å². The zero-order chi connectivity index (χ0) is 18.0. The Bertz CT molecular complexity index is 930. The molecule has 1 aliphatic rings.